The molecule has 3 rings (SSSR count). The van der Waals surface area contributed by atoms with Gasteiger partial charge >= 0.3 is 0 Å². The maximum absolute atomic E-state index is 12.3. The van der Waals surface area contributed by atoms with Gasteiger partial charge in [0.25, 0.3) is 0 Å². The second-order valence-electron chi connectivity index (χ2n) is 5.85. The van der Waals surface area contributed by atoms with Gasteiger partial charge in [-0.25, -0.2) is 10.4 Å². The van der Waals surface area contributed by atoms with Crippen molar-refractivity contribution in [1.82, 2.24) is 15.0 Å². The molecule has 0 spiro atoms. The zero-order chi connectivity index (χ0) is 18.7. The van der Waals surface area contributed by atoms with Gasteiger partial charge < -0.3 is 9.67 Å². The van der Waals surface area contributed by atoms with E-state index >= 15 is 0 Å². The number of nitrogens with one attached hydrogen (secondary N) is 1. The van der Waals surface area contributed by atoms with Gasteiger partial charge in [-0.2, -0.15) is 5.10 Å². The molecule has 1 heterocycles. The van der Waals surface area contributed by atoms with E-state index in [1.165, 1.54) is 6.21 Å². The van der Waals surface area contributed by atoms with Gasteiger partial charge in [0.2, 0.25) is 5.91 Å². The van der Waals surface area contributed by atoms with Crippen LogP contribution in [0.15, 0.2) is 56.8 Å². The van der Waals surface area contributed by atoms with E-state index in [0.29, 0.717) is 16.6 Å². The number of aromatic hydroxyl groups is 1. The summed E-state index contributed by atoms with van der Waals surface area (Å²) in [5.41, 5.74) is 4.88. The second-order valence-corrected chi connectivity index (χ2v) is 7.62. The molecule has 1 atom stereocenters. The van der Waals surface area contributed by atoms with Crippen molar-refractivity contribution in [3.8, 4) is 5.75 Å². The summed E-state index contributed by atoms with van der Waals surface area (Å²) in [4.78, 5) is 16.6. The minimum Gasteiger partial charge on any atom is -0.506 e. The molecule has 6 nitrogen and oxygen atoms in total. The van der Waals surface area contributed by atoms with Crippen LogP contribution in [-0.4, -0.2) is 26.8 Å². The highest BCUT2D eigenvalue weighted by Crippen LogP contribution is 2.30. The van der Waals surface area contributed by atoms with Gasteiger partial charge in [0, 0.05) is 16.6 Å². The number of aromatic nitrogens is 2. The van der Waals surface area contributed by atoms with Crippen LogP contribution in [0.5, 0.6) is 5.75 Å². The smallest absolute Gasteiger partial charge is 0.244 e. The third kappa shape index (κ3) is 4.13. The van der Waals surface area contributed by atoms with Crippen LogP contribution in [0.25, 0.3) is 11.0 Å². The van der Waals surface area contributed by atoms with Crippen LogP contribution >= 0.6 is 31.9 Å². The van der Waals surface area contributed by atoms with Crippen molar-refractivity contribution < 1.29 is 9.90 Å². The van der Waals surface area contributed by atoms with Crippen LogP contribution < -0.4 is 5.43 Å². The molecular weight excluding hydrogens is 464 g/mol. The molecule has 3 aromatic rings. The molecular formula is C18H16Br2N4O2. The molecule has 26 heavy (non-hydrogen) atoms. The van der Waals surface area contributed by atoms with Crippen molar-refractivity contribution in [1.29, 1.82) is 0 Å². The fourth-order valence-electron chi connectivity index (χ4n) is 2.49. The lowest BCUT2D eigenvalue weighted by molar-refractivity contribution is -0.124. The molecule has 1 aromatic heterocycles. The first kappa shape index (κ1) is 18.6. The van der Waals surface area contributed by atoms with E-state index in [1.54, 1.807) is 18.5 Å². The van der Waals surface area contributed by atoms with Crippen LogP contribution in [0.2, 0.25) is 0 Å². The lowest BCUT2D eigenvalue weighted by atomic mass is 10.1. The molecule has 1 amide bonds. The highest BCUT2D eigenvalue weighted by molar-refractivity contribution is 9.11. The van der Waals surface area contributed by atoms with Gasteiger partial charge in [-0.15, -0.1) is 0 Å². The van der Waals surface area contributed by atoms with Crippen LogP contribution in [0.4, 0.5) is 0 Å². The van der Waals surface area contributed by atoms with Gasteiger partial charge in [0.15, 0.2) is 0 Å². The summed E-state index contributed by atoms with van der Waals surface area (Å²) in [6.45, 7) is 2.32. The third-order valence-corrected chi connectivity index (χ3v) is 4.94. The van der Waals surface area contributed by atoms with Gasteiger partial charge in [-0.1, -0.05) is 35.0 Å². The van der Waals surface area contributed by atoms with Crippen molar-refractivity contribution in [2.24, 2.45) is 11.0 Å². The summed E-state index contributed by atoms with van der Waals surface area (Å²) in [5, 5.41) is 13.9. The normalized spacial score (nSPS) is 12.6. The summed E-state index contributed by atoms with van der Waals surface area (Å²) in [5.74, 6) is -0.454. The van der Waals surface area contributed by atoms with E-state index in [-0.39, 0.29) is 17.6 Å². The molecule has 0 unspecified atom stereocenters. The number of carbonyl (C=O) groups excluding carboxylic acids is 1. The number of halogens is 2. The van der Waals surface area contributed by atoms with Crippen molar-refractivity contribution in [3.05, 3.63) is 57.2 Å². The van der Waals surface area contributed by atoms with Crippen molar-refractivity contribution >= 4 is 55.0 Å². The number of benzene rings is 2. The van der Waals surface area contributed by atoms with Crippen LogP contribution in [-0.2, 0) is 11.3 Å². The quantitative estimate of drug-likeness (QED) is 0.428. The predicted octanol–water partition coefficient (Wildman–Crippen LogP) is 4.05. The molecule has 0 aliphatic carbocycles. The largest absolute Gasteiger partial charge is 0.506 e. The number of carbonyl (C=O) groups is 1. The Kier molecular flexibility index (Phi) is 5.73. The van der Waals surface area contributed by atoms with Gasteiger partial charge in [-0.3, -0.25) is 4.79 Å². The highest BCUT2D eigenvalue weighted by atomic mass is 79.9. The third-order valence-electron chi connectivity index (χ3n) is 3.88. The number of rotatable bonds is 5. The van der Waals surface area contributed by atoms with E-state index in [2.05, 4.69) is 47.4 Å². The molecule has 134 valence electrons. The molecule has 0 aliphatic heterocycles. The maximum atomic E-state index is 12.3. The number of hydrazone groups is 1. The number of hydrogen-bond donors (Lipinski definition) is 2. The number of amides is 1. The molecule has 0 bridgehead atoms. The first-order valence-corrected chi connectivity index (χ1v) is 9.45. The predicted molar refractivity (Wildman–Crippen MR) is 108 cm³/mol. The van der Waals surface area contributed by atoms with Crippen LogP contribution in [0, 0.1) is 5.92 Å². The van der Waals surface area contributed by atoms with E-state index in [0.717, 1.165) is 15.5 Å². The zero-order valence-corrected chi connectivity index (χ0v) is 17.0. The van der Waals surface area contributed by atoms with Gasteiger partial charge in [0.05, 0.1) is 34.0 Å². The van der Waals surface area contributed by atoms with Crippen LogP contribution in [0.1, 0.15) is 12.5 Å². The van der Waals surface area contributed by atoms with Crippen molar-refractivity contribution in [2.45, 2.75) is 13.5 Å². The Morgan fingerprint density at radius 1 is 1.38 bits per heavy atom. The molecule has 0 saturated heterocycles. The average Bonchev–Trinajstić information content (AvgIpc) is 3.02. The fraction of sp³-hybridized carbons (Fsp3) is 0.167. The van der Waals surface area contributed by atoms with E-state index in [9.17, 15) is 9.90 Å². The molecule has 8 heteroatoms. The Morgan fingerprint density at radius 3 is 2.96 bits per heavy atom. The minimum atomic E-state index is -0.299. The number of hydrogen-bond acceptors (Lipinski definition) is 4. The van der Waals surface area contributed by atoms with Gasteiger partial charge in [-0.05, 0) is 40.2 Å². The first-order valence-electron chi connectivity index (χ1n) is 7.86. The molecule has 0 aliphatic rings. The number of phenolic OH excluding ortho intramolecular Hbond substituents is 1. The minimum absolute atomic E-state index is 0.0594. The van der Waals surface area contributed by atoms with Gasteiger partial charge in [0.1, 0.15) is 5.75 Å². The SMILES string of the molecule is C[C@@H](Cn1cnc2ccccc21)C(=O)N/N=C/c1cc(Br)cc(Br)c1O. The fourth-order valence-corrected chi connectivity index (χ4v) is 3.75. The average molecular weight is 480 g/mol. The maximum Gasteiger partial charge on any atom is 0.244 e. The summed E-state index contributed by atoms with van der Waals surface area (Å²) < 4.78 is 3.27. The van der Waals surface area contributed by atoms with E-state index in [4.69, 9.17) is 0 Å². The highest BCUT2D eigenvalue weighted by Gasteiger charge is 2.14. The Bertz CT molecular complexity index is 984. The summed E-state index contributed by atoms with van der Waals surface area (Å²) in [6, 6.07) is 11.2. The number of nitrogens with zero attached hydrogens (tertiary/aromatic N) is 3. The summed E-state index contributed by atoms with van der Waals surface area (Å²) in [7, 11) is 0. The Morgan fingerprint density at radius 2 is 2.15 bits per heavy atom. The monoisotopic (exact) mass is 478 g/mol. The van der Waals surface area contributed by atoms with Crippen LogP contribution in [0.3, 0.4) is 0 Å². The first-order chi connectivity index (χ1) is 12.5. The zero-order valence-electron chi connectivity index (χ0n) is 13.9. The standard InChI is InChI=1S/C18H16Br2N4O2/c1-11(9-24-10-21-15-4-2-3-5-16(15)24)18(26)23-22-8-12-6-13(19)7-14(20)17(12)25/h2-8,10-11,25H,9H2,1H3,(H,23,26)/b22-8+/t11-/m0/s1. The number of phenols is 1. The Balaban J connectivity index is 1.65. The Labute approximate surface area is 167 Å². The van der Waals surface area contributed by atoms with Crippen molar-refractivity contribution in [3.63, 3.8) is 0 Å². The topological polar surface area (TPSA) is 79.5 Å². The molecule has 0 radical (unpaired) electrons. The molecule has 2 aromatic carbocycles. The number of para-hydroxylation sites is 2. The number of fused-ring (bicyclic) bond motifs is 1. The molecule has 0 saturated carbocycles. The number of imidazole rings is 1. The van der Waals surface area contributed by atoms with E-state index in [1.807, 2.05) is 35.8 Å². The second kappa shape index (κ2) is 8.01. The lowest BCUT2D eigenvalue weighted by Gasteiger charge is -2.11. The van der Waals surface area contributed by atoms with Crippen molar-refractivity contribution in [2.75, 3.05) is 0 Å². The lowest BCUT2D eigenvalue weighted by Crippen LogP contribution is -2.27. The molecule has 0 fully saturated rings. The summed E-state index contributed by atoms with van der Waals surface area (Å²) >= 11 is 6.60. The van der Waals surface area contributed by atoms with E-state index < -0.39 is 0 Å². The molecule has 2 N–H and O–H groups in total. The Hall–Kier alpha value is -2.19. The summed E-state index contributed by atoms with van der Waals surface area (Å²) in [6.07, 6.45) is 3.14.